The van der Waals surface area contributed by atoms with Crippen LogP contribution in [0.25, 0.3) is 0 Å². The van der Waals surface area contributed by atoms with Gasteiger partial charge in [0.25, 0.3) is 5.91 Å². The summed E-state index contributed by atoms with van der Waals surface area (Å²) in [5.74, 6) is -0.191. The Kier molecular flexibility index (Phi) is 6.59. The second-order valence-electron chi connectivity index (χ2n) is 6.05. The van der Waals surface area contributed by atoms with Crippen molar-refractivity contribution in [2.24, 2.45) is 0 Å². The SMILES string of the molecule is O=C(NCc1ccncc1)Nc1ccc(C(=O)NCc2ccc(Cl)cc2)cc1. The molecule has 0 fully saturated rings. The third-order valence-electron chi connectivity index (χ3n) is 3.97. The number of hydrogen-bond acceptors (Lipinski definition) is 3. The van der Waals surface area contributed by atoms with Crippen LogP contribution in [0.4, 0.5) is 10.5 Å². The summed E-state index contributed by atoms with van der Waals surface area (Å²) in [6.45, 7) is 0.812. The van der Waals surface area contributed by atoms with Gasteiger partial charge in [0.2, 0.25) is 0 Å². The number of pyridine rings is 1. The highest BCUT2D eigenvalue weighted by Gasteiger charge is 2.07. The Morgan fingerprint density at radius 2 is 1.39 bits per heavy atom. The number of anilines is 1. The molecule has 0 saturated heterocycles. The van der Waals surface area contributed by atoms with E-state index in [1.54, 1.807) is 48.8 Å². The van der Waals surface area contributed by atoms with E-state index in [9.17, 15) is 9.59 Å². The molecule has 0 atom stereocenters. The van der Waals surface area contributed by atoms with E-state index in [2.05, 4.69) is 20.9 Å². The molecule has 0 aliphatic heterocycles. The summed E-state index contributed by atoms with van der Waals surface area (Å²) in [4.78, 5) is 28.1. The summed E-state index contributed by atoms with van der Waals surface area (Å²) in [5, 5.41) is 8.99. The van der Waals surface area contributed by atoms with Crippen molar-refractivity contribution in [2.75, 3.05) is 5.32 Å². The van der Waals surface area contributed by atoms with Crippen LogP contribution < -0.4 is 16.0 Å². The molecule has 7 heteroatoms. The molecule has 1 heterocycles. The standard InChI is InChI=1S/C21H19ClN4O2/c22-18-5-1-15(2-6-18)13-24-20(27)17-3-7-19(8-4-17)26-21(28)25-14-16-9-11-23-12-10-16/h1-12H,13-14H2,(H,24,27)(H2,25,26,28). The monoisotopic (exact) mass is 394 g/mol. The van der Waals surface area contributed by atoms with Gasteiger partial charge in [-0.2, -0.15) is 0 Å². The lowest BCUT2D eigenvalue weighted by molar-refractivity contribution is 0.0951. The maximum atomic E-state index is 12.2. The predicted octanol–water partition coefficient (Wildman–Crippen LogP) is 3.99. The van der Waals surface area contributed by atoms with E-state index in [1.807, 2.05) is 24.3 Å². The fraction of sp³-hybridized carbons (Fsp3) is 0.0952. The number of halogens is 1. The second-order valence-corrected chi connectivity index (χ2v) is 6.49. The fourth-order valence-electron chi connectivity index (χ4n) is 2.45. The van der Waals surface area contributed by atoms with Crippen LogP contribution in [0.5, 0.6) is 0 Å². The van der Waals surface area contributed by atoms with Gasteiger partial charge in [0.05, 0.1) is 0 Å². The van der Waals surface area contributed by atoms with Crippen LogP contribution in [0.1, 0.15) is 21.5 Å². The first-order chi connectivity index (χ1) is 13.6. The summed E-state index contributed by atoms with van der Waals surface area (Å²) in [6, 6.07) is 17.3. The van der Waals surface area contributed by atoms with Gasteiger partial charge >= 0.3 is 6.03 Å². The van der Waals surface area contributed by atoms with Gasteiger partial charge in [0, 0.05) is 41.8 Å². The molecule has 3 amide bonds. The molecule has 0 saturated carbocycles. The summed E-state index contributed by atoms with van der Waals surface area (Å²) in [6.07, 6.45) is 3.34. The minimum absolute atomic E-state index is 0.191. The van der Waals surface area contributed by atoms with Gasteiger partial charge in [-0.15, -0.1) is 0 Å². The highest BCUT2D eigenvalue weighted by atomic mass is 35.5. The molecule has 0 radical (unpaired) electrons. The van der Waals surface area contributed by atoms with E-state index in [-0.39, 0.29) is 11.9 Å². The normalized spacial score (nSPS) is 10.2. The number of nitrogens with one attached hydrogen (secondary N) is 3. The van der Waals surface area contributed by atoms with E-state index in [1.165, 1.54) is 0 Å². The van der Waals surface area contributed by atoms with Crippen LogP contribution in [-0.4, -0.2) is 16.9 Å². The van der Waals surface area contributed by atoms with Crippen molar-refractivity contribution < 1.29 is 9.59 Å². The zero-order chi connectivity index (χ0) is 19.8. The molecule has 142 valence electrons. The Hall–Kier alpha value is -3.38. The number of benzene rings is 2. The summed E-state index contributed by atoms with van der Waals surface area (Å²) >= 11 is 5.85. The number of amides is 3. The van der Waals surface area contributed by atoms with Gasteiger partial charge in [0.15, 0.2) is 0 Å². The van der Waals surface area contributed by atoms with E-state index in [0.717, 1.165) is 11.1 Å². The van der Waals surface area contributed by atoms with E-state index in [0.29, 0.717) is 29.4 Å². The molecule has 0 aliphatic rings. The molecule has 28 heavy (non-hydrogen) atoms. The van der Waals surface area contributed by atoms with Gasteiger partial charge in [0.1, 0.15) is 0 Å². The van der Waals surface area contributed by atoms with Crippen molar-refractivity contribution in [3.63, 3.8) is 0 Å². The maximum absolute atomic E-state index is 12.2. The zero-order valence-corrected chi connectivity index (χ0v) is 15.7. The Morgan fingerprint density at radius 1 is 0.786 bits per heavy atom. The molecule has 6 nitrogen and oxygen atoms in total. The van der Waals surface area contributed by atoms with Crippen LogP contribution in [-0.2, 0) is 13.1 Å². The van der Waals surface area contributed by atoms with Gasteiger partial charge in [-0.05, 0) is 59.7 Å². The lowest BCUT2D eigenvalue weighted by Gasteiger charge is -2.09. The third-order valence-corrected chi connectivity index (χ3v) is 4.23. The average molecular weight is 395 g/mol. The molecule has 0 spiro atoms. The first-order valence-electron chi connectivity index (χ1n) is 8.66. The third kappa shape index (κ3) is 5.82. The quantitative estimate of drug-likeness (QED) is 0.591. The van der Waals surface area contributed by atoms with Gasteiger partial charge in [-0.25, -0.2) is 4.79 Å². The molecule has 2 aromatic carbocycles. The maximum Gasteiger partial charge on any atom is 0.319 e. The van der Waals surface area contributed by atoms with E-state index in [4.69, 9.17) is 11.6 Å². The Bertz CT molecular complexity index is 929. The number of carbonyl (C=O) groups is 2. The largest absolute Gasteiger partial charge is 0.348 e. The fourth-order valence-corrected chi connectivity index (χ4v) is 2.58. The van der Waals surface area contributed by atoms with E-state index >= 15 is 0 Å². The number of hydrogen-bond donors (Lipinski definition) is 3. The molecule has 0 unspecified atom stereocenters. The molecular formula is C21H19ClN4O2. The lowest BCUT2D eigenvalue weighted by Crippen LogP contribution is -2.28. The van der Waals surface area contributed by atoms with Crippen LogP contribution in [0.2, 0.25) is 5.02 Å². The van der Waals surface area contributed by atoms with Crippen LogP contribution in [0, 0.1) is 0 Å². The number of nitrogens with zero attached hydrogens (tertiary/aromatic N) is 1. The van der Waals surface area contributed by atoms with Gasteiger partial charge < -0.3 is 16.0 Å². The number of carbonyl (C=O) groups excluding carboxylic acids is 2. The van der Waals surface area contributed by atoms with Gasteiger partial charge in [-0.1, -0.05) is 23.7 Å². The van der Waals surface area contributed by atoms with Crippen molar-refractivity contribution in [3.05, 3.63) is 94.8 Å². The molecule has 0 bridgehead atoms. The second kappa shape index (κ2) is 9.53. The van der Waals surface area contributed by atoms with Crippen LogP contribution in [0.15, 0.2) is 73.1 Å². The Balaban J connectivity index is 1.47. The first kappa shape index (κ1) is 19.4. The zero-order valence-electron chi connectivity index (χ0n) is 15.0. The smallest absolute Gasteiger partial charge is 0.319 e. The Morgan fingerprint density at radius 3 is 2.07 bits per heavy atom. The average Bonchev–Trinajstić information content (AvgIpc) is 2.73. The van der Waals surface area contributed by atoms with Crippen molar-refractivity contribution in [1.29, 1.82) is 0 Å². The minimum atomic E-state index is -0.322. The van der Waals surface area contributed by atoms with Crippen molar-refractivity contribution in [2.45, 2.75) is 13.1 Å². The predicted molar refractivity (Wildman–Crippen MR) is 109 cm³/mol. The van der Waals surface area contributed by atoms with Crippen LogP contribution >= 0.6 is 11.6 Å². The molecule has 3 N–H and O–H groups in total. The summed E-state index contributed by atoms with van der Waals surface area (Å²) < 4.78 is 0. The number of aromatic nitrogens is 1. The molecule has 3 rings (SSSR count). The molecule has 0 aliphatic carbocycles. The van der Waals surface area contributed by atoms with Crippen molar-refractivity contribution in [1.82, 2.24) is 15.6 Å². The molecular weight excluding hydrogens is 376 g/mol. The van der Waals surface area contributed by atoms with Crippen LogP contribution in [0.3, 0.4) is 0 Å². The molecule has 1 aromatic heterocycles. The minimum Gasteiger partial charge on any atom is -0.348 e. The number of rotatable bonds is 6. The number of urea groups is 1. The highest BCUT2D eigenvalue weighted by Crippen LogP contribution is 2.11. The van der Waals surface area contributed by atoms with Crippen molar-refractivity contribution in [3.8, 4) is 0 Å². The van der Waals surface area contributed by atoms with Crippen molar-refractivity contribution >= 4 is 29.2 Å². The lowest BCUT2D eigenvalue weighted by atomic mass is 10.1. The topological polar surface area (TPSA) is 83.1 Å². The summed E-state index contributed by atoms with van der Waals surface area (Å²) in [5.41, 5.74) is 3.03. The summed E-state index contributed by atoms with van der Waals surface area (Å²) in [7, 11) is 0. The van der Waals surface area contributed by atoms with Gasteiger partial charge in [-0.3, -0.25) is 9.78 Å². The molecule has 3 aromatic rings. The first-order valence-corrected chi connectivity index (χ1v) is 9.04. The Labute approximate surface area is 168 Å². The van der Waals surface area contributed by atoms with E-state index < -0.39 is 0 Å². The highest BCUT2D eigenvalue weighted by molar-refractivity contribution is 6.30.